The van der Waals surface area contributed by atoms with Crippen LogP contribution in [0, 0.1) is 6.92 Å². The first-order valence-corrected chi connectivity index (χ1v) is 7.43. The van der Waals surface area contributed by atoms with Crippen LogP contribution in [0.15, 0.2) is 30.3 Å². The second kappa shape index (κ2) is 6.41. The number of carboxylic acid groups (broad SMARTS) is 1. The molecule has 5 heteroatoms. The molecule has 2 aromatic rings. The van der Waals surface area contributed by atoms with Gasteiger partial charge in [-0.2, -0.15) is 0 Å². The van der Waals surface area contributed by atoms with Crippen LogP contribution in [-0.4, -0.2) is 20.5 Å². The number of hydrogen-bond acceptors (Lipinski definition) is 2. The van der Waals surface area contributed by atoms with Crippen molar-refractivity contribution >= 4 is 34.7 Å². The van der Waals surface area contributed by atoms with Crippen molar-refractivity contribution in [3.05, 3.63) is 57.9 Å². The third kappa shape index (κ3) is 3.34. The van der Waals surface area contributed by atoms with E-state index in [4.69, 9.17) is 28.9 Å². The fourth-order valence-electron chi connectivity index (χ4n) is 2.30. The quantitative estimate of drug-likeness (QED) is 0.671. The number of rotatable bonds is 5. The molecule has 1 aromatic heterocycles. The Balaban J connectivity index is 2.47. The average Bonchev–Trinajstić information content (AvgIpc) is 2.73. The van der Waals surface area contributed by atoms with E-state index in [0.717, 1.165) is 11.1 Å². The normalized spacial score (nSPS) is 10.6. The summed E-state index contributed by atoms with van der Waals surface area (Å²) in [4.78, 5) is 11.6. The maximum atomic E-state index is 10.9. The van der Waals surface area contributed by atoms with E-state index >= 15 is 0 Å². The standard InChI is InChI=1S/C16H16ClNO2S/c1-3-18-12(9-14(19)20)8-13(17)15(18)16(21)11-6-4-10(2)5-7-11/h4-8H,3,9H2,1-2H3,(H,19,20). The maximum Gasteiger partial charge on any atom is 0.309 e. The van der Waals surface area contributed by atoms with Crippen molar-refractivity contribution in [1.29, 1.82) is 0 Å². The monoisotopic (exact) mass is 321 g/mol. The molecule has 21 heavy (non-hydrogen) atoms. The Labute approximate surface area is 134 Å². The summed E-state index contributed by atoms with van der Waals surface area (Å²) in [5.74, 6) is -0.883. The van der Waals surface area contributed by atoms with Crippen LogP contribution >= 0.6 is 23.8 Å². The van der Waals surface area contributed by atoms with E-state index in [1.165, 1.54) is 0 Å². The molecule has 0 amide bonds. The highest BCUT2D eigenvalue weighted by Gasteiger charge is 2.19. The van der Waals surface area contributed by atoms with Crippen LogP contribution in [0.3, 0.4) is 0 Å². The van der Waals surface area contributed by atoms with Crippen molar-refractivity contribution in [2.75, 3.05) is 0 Å². The molecule has 0 unspecified atom stereocenters. The lowest BCUT2D eigenvalue weighted by Gasteiger charge is -2.12. The van der Waals surface area contributed by atoms with Gasteiger partial charge in [0.05, 0.1) is 22.0 Å². The Morgan fingerprint density at radius 2 is 1.95 bits per heavy atom. The van der Waals surface area contributed by atoms with Gasteiger partial charge in [0.2, 0.25) is 0 Å². The number of benzene rings is 1. The van der Waals surface area contributed by atoms with Crippen molar-refractivity contribution in [2.24, 2.45) is 0 Å². The zero-order chi connectivity index (χ0) is 15.6. The molecule has 110 valence electrons. The Hall–Kier alpha value is -1.65. The zero-order valence-corrected chi connectivity index (χ0v) is 13.5. The summed E-state index contributed by atoms with van der Waals surface area (Å²) < 4.78 is 1.87. The van der Waals surface area contributed by atoms with Gasteiger partial charge in [-0.3, -0.25) is 4.79 Å². The van der Waals surface area contributed by atoms with Gasteiger partial charge in [0, 0.05) is 12.2 Å². The van der Waals surface area contributed by atoms with Crippen molar-refractivity contribution < 1.29 is 9.90 Å². The number of aryl methyl sites for hydroxylation is 1. The predicted octanol–water partition coefficient (Wildman–Crippen LogP) is 3.86. The van der Waals surface area contributed by atoms with Crippen LogP contribution < -0.4 is 0 Å². The first-order valence-electron chi connectivity index (χ1n) is 6.65. The van der Waals surface area contributed by atoms with Gasteiger partial charge >= 0.3 is 5.97 Å². The lowest BCUT2D eigenvalue weighted by Crippen LogP contribution is -2.13. The van der Waals surface area contributed by atoms with Crippen LogP contribution in [-0.2, 0) is 17.8 Å². The lowest BCUT2D eigenvalue weighted by atomic mass is 10.1. The first-order chi connectivity index (χ1) is 9.93. The van der Waals surface area contributed by atoms with Crippen LogP contribution in [0.4, 0.5) is 0 Å². The highest BCUT2D eigenvalue weighted by atomic mass is 35.5. The molecule has 3 nitrogen and oxygen atoms in total. The molecule has 1 N–H and O–H groups in total. The number of halogens is 1. The Morgan fingerprint density at radius 1 is 1.33 bits per heavy atom. The summed E-state index contributed by atoms with van der Waals surface area (Å²) in [6, 6.07) is 9.59. The number of thiocarbonyl (C=S) groups is 1. The smallest absolute Gasteiger partial charge is 0.309 e. The second-order valence-electron chi connectivity index (χ2n) is 4.84. The number of aliphatic carboxylic acids is 1. The summed E-state index contributed by atoms with van der Waals surface area (Å²) >= 11 is 11.8. The van der Waals surface area contributed by atoms with Crippen molar-refractivity contribution in [2.45, 2.75) is 26.8 Å². The molecule has 0 fully saturated rings. The van der Waals surface area contributed by atoms with Gasteiger partial charge in [-0.25, -0.2) is 0 Å². The molecule has 0 atom stereocenters. The van der Waals surface area contributed by atoms with E-state index in [1.807, 2.05) is 42.7 Å². The molecule has 0 radical (unpaired) electrons. The molecular formula is C16H16ClNO2S. The topological polar surface area (TPSA) is 42.2 Å². The average molecular weight is 322 g/mol. The molecule has 0 spiro atoms. The minimum absolute atomic E-state index is 0.0654. The largest absolute Gasteiger partial charge is 0.481 e. The van der Waals surface area contributed by atoms with Crippen LogP contribution in [0.25, 0.3) is 0 Å². The van der Waals surface area contributed by atoms with E-state index in [1.54, 1.807) is 6.07 Å². The van der Waals surface area contributed by atoms with Crippen molar-refractivity contribution in [3.63, 3.8) is 0 Å². The first kappa shape index (κ1) is 15.7. The predicted molar refractivity (Wildman–Crippen MR) is 88.4 cm³/mol. The van der Waals surface area contributed by atoms with E-state index in [-0.39, 0.29) is 6.42 Å². The summed E-state index contributed by atoms with van der Waals surface area (Å²) in [6.45, 7) is 4.58. The fraction of sp³-hybridized carbons (Fsp3) is 0.250. The highest BCUT2D eigenvalue weighted by Crippen LogP contribution is 2.26. The molecule has 0 saturated heterocycles. The van der Waals surface area contributed by atoms with E-state index in [9.17, 15) is 4.79 Å². The number of carbonyl (C=O) groups is 1. The zero-order valence-electron chi connectivity index (χ0n) is 11.9. The van der Waals surface area contributed by atoms with Gasteiger partial charge in [-0.1, -0.05) is 53.6 Å². The van der Waals surface area contributed by atoms with Crippen LogP contribution in [0.5, 0.6) is 0 Å². The van der Waals surface area contributed by atoms with Gasteiger partial charge in [-0.05, 0) is 25.5 Å². The lowest BCUT2D eigenvalue weighted by molar-refractivity contribution is -0.136. The minimum Gasteiger partial charge on any atom is -0.481 e. The van der Waals surface area contributed by atoms with Crippen LogP contribution in [0.2, 0.25) is 5.02 Å². The molecule has 0 bridgehead atoms. The summed E-state index contributed by atoms with van der Waals surface area (Å²) in [7, 11) is 0. The second-order valence-corrected chi connectivity index (χ2v) is 5.66. The van der Waals surface area contributed by atoms with Gasteiger partial charge in [0.15, 0.2) is 0 Å². The van der Waals surface area contributed by atoms with Gasteiger partial charge in [0.25, 0.3) is 0 Å². The molecule has 0 aliphatic carbocycles. The molecule has 1 heterocycles. The van der Waals surface area contributed by atoms with E-state index in [0.29, 0.717) is 27.8 Å². The van der Waals surface area contributed by atoms with E-state index in [2.05, 4.69) is 0 Å². The Bertz CT molecular complexity index is 689. The van der Waals surface area contributed by atoms with Gasteiger partial charge < -0.3 is 9.67 Å². The molecule has 0 saturated carbocycles. The molecule has 0 aliphatic heterocycles. The molecule has 0 aliphatic rings. The van der Waals surface area contributed by atoms with E-state index < -0.39 is 5.97 Å². The molecular weight excluding hydrogens is 306 g/mol. The number of hydrogen-bond donors (Lipinski definition) is 1. The van der Waals surface area contributed by atoms with Crippen LogP contribution in [0.1, 0.15) is 29.4 Å². The molecule has 1 aromatic carbocycles. The third-order valence-electron chi connectivity index (χ3n) is 3.31. The van der Waals surface area contributed by atoms with Crippen molar-refractivity contribution in [1.82, 2.24) is 4.57 Å². The minimum atomic E-state index is -0.883. The summed E-state index contributed by atoms with van der Waals surface area (Å²) in [6.07, 6.45) is -0.0654. The molecule has 2 rings (SSSR count). The number of carboxylic acids is 1. The highest BCUT2D eigenvalue weighted by molar-refractivity contribution is 7.81. The SMILES string of the molecule is CCn1c(CC(=O)O)cc(Cl)c1C(=S)c1ccc(C)cc1. The van der Waals surface area contributed by atoms with Gasteiger partial charge in [-0.15, -0.1) is 0 Å². The number of nitrogens with zero attached hydrogens (tertiary/aromatic N) is 1. The summed E-state index contributed by atoms with van der Waals surface area (Å²) in [5.41, 5.74) is 3.45. The third-order valence-corrected chi connectivity index (χ3v) is 4.03. The Morgan fingerprint density at radius 3 is 2.48 bits per heavy atom. The Kier molecular flexibility index (Phi) is 4.80. The van der Waals surface area contributed by atoms with Gasteiger partial charge in [0.1, 0.15) is 0 Å². The van der Waals surface area contributed by atoms with Crippen molar-refractivity contribution in [3.8, 4) is 0 Å². The fourth-order valence-corrected chi connectivity index (χ4v) is 3.04. The maximum absolute atomic E-state index is 10.9. The number of aromatic nitrogens is 1. The summed E-state index contributed by atoms with van der Waals surface area (Å²) in [5, 5.41) is 9.48.